The minimum Gasteiger partial charge on any atom is -0.468 e. The molecule has 0 atom stereocenters. The molecule has 0 fully saturated rings. The third-order valence-corrected chi connectivity index (χ3v) is 2.48. The molecule has 3 heteroatoms. The smallest absolute Gasteiger partial charge is 0.123 e. The normalized spacial score (nSPS) is 10.7. The van der Waals surface area contributed by atoms with Crippen LogP contribution in [0.3, 0.4) is 0 Å². The summed E-state index contributed by atoms with van der Waals surface area (Å²) in [5.74, 6) is 0.980. The molecule has 0 saturated heterocycles. The molecule has 96 valence electrons. The van der Waals surface area contributed by atoms with Crippen LogP contribution in [0.25, 0.3) is 0 Å². The van der Waals surface area contributed by atoms with Crippen LogP contribution in [0.4, 0.5) is 0 Å². The Bertz CT molecular complexity index is 331. The van der Waals surface area contributed by atoms with Gasteiger partial charge in [0, 0.05) is 5.56 Å². The van der Waals surface area contributed by atoms with Gasteiger partial charge < -0.3 is 14.5 Å². The van der Waals surface area contributed by atoms with E-state index in [1.165, 1.54) is 0 Å². The second-order valence-electron chi connectivity index (χ2n) is 4.31. The average molecular weight is 237 g/mol. The number of rotatable bonds is 9. The van der Waals surface area contributed by atoms with Crippen molar-refractivity contribution in [2.75, 3.05) is 13.2 Å². The molecule has 0 amide bonds. The Morgan fingerprint density at radius 3 is 3.06 bits per heavy atom. The number of hydrogen-bond donors (Lipinski definition) is 1. The van der Waals surface area contributed by atoms with Crippen LogP contribution in [0, 0.1) is 0 Å². The molecular weight excluding hydrogens is 214 g/mol. The third-order valence-electron chi connectivity index (χ3n) is 2.48. The Hall–Kier alpha value is -1.06. The molecule has 0 aromatic carbocycles. The fourth-order valence-corrected chi connectivity index (χ4v) is 1.46. The van der Waals surface area contributed by atoms with E-state index in [1.807, 2.05) is 13.0 Å². The zero-order valence-electron chi connectivity index (χ0n) is 10.9. The summed E-state index contributed by atoms with van der Waals surface area (Å²) in [5.41, 5.74) is 2.29. The van der Waals surface area contributed by atoms with Crippen LogP contribution in [0.5, 0.6) is 0 Å². The summed E-state index contributed by atoms with van der Waals surface area (Å²) in [6.07, 6.45) is 3.77. The number of nitrogens with one attached hydrogen (secondary N) is 1. The highest BCUT2D eigenvalue weighted by Gasteiger charge is 2.05. The summed E-state index contributed by atoms with van der Waals surface area (Å²) in [4.78, 5) is 0. The zero-order valence-corrected chi connectivity index (χ0v) is 10.9. The van der Waals surface area contributed by atoms with Crippen molar-refractivity contribution in [2.24, 2.45) is 0 Å². The van der Waals surface area contributed by atoms with Crippen molar-refractivity contribution in [2.45, 2.75) is 39.8 Å². The first-order chi connectivity index (χ1) is 8.24. The van der Waals surface area contributed by atoms with E-state index in [0.717, 1.165) is 49.4 Å². The minimum atomic E-state index is 0.618. The van der Waals surface area contributed by atoms with Gasteiger partial charge in [0.25, 0.3) is 0 Å². The Morgan fingerprint density at radius 1 is 1.53 bits per heavy atom. The van der Waals surface area contributed by atoms with Gasteiger partial charge in [-0.1, -0.05) is 12.5 Å². The summed E-state index contributed by atoms with van der Waals surface area (Å²) < 4.78 is 11.0. The van der Waals surface area contributed by atoms with Gasteiger partial charge in [0.15, 0.2) is 0 Å². The topological polar surface area (TPSA) is 34.4 Å². The molecule has 0 aliphatic heterocycles. The fourth-order valence-electron chi connectivity index (χ4n) is 1.46. The molecule has 0 saturated carbocycles. The van der Waals surface area contributed by atoms with Crippen molar-refractivity contribution >= 4 is 0 Å². The van der Waals surface area contributed by atoms with Crippen LogP contribution in [0.2, 0.25) is 0 Å². The van der Waals surface area contributed by atoms with Crippen LogP contribution in [0.1, 0.15) is 38.0 Å². The van der Waals surface area contributed by atoms with Crippen molar-refractivity contribution < 1.29 is 9.15 Å². The molecule has 1 rings (SSSR count). The lowest BCUT2D eigenvalue weighted by Gasteiger charge is -2.05. The highest BCUT2D eigenvalue weighted by molar-refractivity contribution is 5.15. The van der Waals surface area contributed by atoms with E-state index in [1.54, 1.807) is 6.26 Å². The predicted molar refractivity (Wildman–Crippen MR) is 69.8 cm³/mol. The van der Waals surface area contributed by atoms with Crippen LogP contribution in [-0.2, 0) is 17.9 Å². The van der Waals surface area contributed by atoms with E-state index < -0.39 is 0 Å². The monoisotopic (exact) mass is 237 g/mol. The van der Waals surface area contributed by atoms with Crippen LogP contribution < -0.4 is 5.32 Å². The molecule has 1 heterocycles. The highest BCUT2D eigenvalue weighted by Crippen LogP contribution is 2.12. The van der Waals surface area contributed by atoms with E-state index in [-0.39, 0.29) is 0 Å². The number of hydrogen-bond acceptors (Lipinski definition) is 3. The molecule has 0 bridgehead atoms. The Balaban J connectivity index is 2.27. The Kier molecular flexibility index (Phi) is 6.67. The first-order valence-corrected chi connectivity index (χ1v) is 6.22. The first kappa shape index (κ1) is 14.0. The quantitative estimate of drug-likeness (QED) is 0.529. The third kappa shape index (κ3) is 5.71. The summed E-state index contributed by atoms with van der Waals surface area (Å²) >= 11 is 0. The van der Waals surface area contributed by atoms with Crippen molar-refractivity contribution in [1.29, 1.82) is 0 Å². The Labute approximate surface area is 104 Å². The molecule has 0 aliphatic rings. The van der Waals surface area contributed by atoms with Gasteiger partial charge in [-0.2, -0.15) is 0 Å². The maximum Gasteiger partial charge on any atom is 0.123 e. The van der Waals surface area contributed by atoms with E-state index in [9.17, 15) is 0 Å². The molecule has 1 aromatic heterocycles. The van der Waals surface area contributed by atoms with E-state index in [4.69, 9.17) is 9.15 Å². The molecule has 0 radical (unpaired) electrons. The standard InChI is InChI=1S/C14H23NO2/c1-4-7-15-10-14-13(6-9-17-14)11-16-8-5-12(2)3/h6,9,15H,2,4-5,7-8,10-11H2,1,3H3. The van der Waals surface area contributed by atoms with Gasteiger partial charge in [-0.3, -0.25) is 0 Å². The largest absolute Gasteiger partial charge is 0.468 e. The molecule has 0 unspecified atom stereocenters. The van der Waals surface area contributed by atoms with Gasteiger partial charge in [-0.15, -0.1) is 6.58 Å². The molecule has 1 N–H and O–H groups in total. The molecule has 0 aliphatic carbocycles. The number of ether oxygens (including phenoxy) is 1. The molecule has 3 nitrogen and oxygen atoms in total. The van der Waals surface area contributed by atoms with Crippen LogP contribution in [-0.4, -0.2) is 13.2 Å². The van der Waals surface area contributed by atoms with Crippen molar-refractivity contribution in [3.63, 3.8) is 0 Å². The summed E-state index contributed by atoms with van der Waals surface area (Å²) in [6, 6.07) is 1.98. The average Bonchev–Trinajstić information content (AvgIpc) is 2.72. The van der Waals surface area contributed by atoms with E-state index in [2.05, 4.69) is 18.8 Å². The minimum absolute atomic E-state index is 0.618. The molecule has 0 spiro atoms. The van der Waals surface area contributed by atoms with Gasteiger partial charge in [0.1, 0.15) is 5.76 Å². The number of furan rings is 1. The lowest BCUT2D eigenvalue weighted by molar-refractivity contribution is 0.122. The van der Waals surface area contributed by atoms with Gasteiger partial charge in [0.2, 0.25) is 0 Å². The van der Waals surface area contributed by atoms with Gasteiger partial charge in [-0.05, 0) is 32.4 Å². The molecular formula is C14H23NO2. The second-order valence-corrected chi connectivity index (χ2v) is 4.31. The molecule has 1 aromatic rings. The highest BCUT2D eigenvalue weighted by atomic mass is 16.5. The van der Waals surface area contributed by atoms with Gasteiger partial charge in [0.05, 0.1) is 26.0 Å². The van der Waals surface area contributed by atoms with Crippen LogP contribution >= 0.6 is 0 Å². The SMILES string of the molecule is C=C(C)CCOCc1ccoc1CNCCC. The second kappa shape index (κ2) is 8.09. The first-order valence-electron chi connectivity index (χ1n) is 6.22. The summed E-state index contributed by atoms with van der Waals surface area (Å²) in [7, 11) is 0. The van der Waals surface area contributed by atoms with Gasteiger partial charge in [-0.25, -0.2) is 0 Å². The summed E-state index contributed by atoms with van der Waals surface area (Å²) in [5, 5.41) is 3.32. The zero-order chi connectivity index (χ0) is 12.5. The molecule has 17 heavy (non-hydrogen) atoms. The Morgan fingerprint density at radius 2 is 2.35 bits per heavy atom. The maximum absolute atomic E-state index is 5.59. The predicted octanol–water partition coefficient (Wildman–Crippen LogP) is 3.26. The van der Waals surface area contributed by atoms with Crippen LogP contribution in [0.15, 0.2) is 28.9 Å². The van der Waals surface area contributed by atoms with Gasteiger partial charge >= 0.3 is 0 Å². The van der Waals surface area contributed by atoms with E-state index in [0.29, 0.717) is 6.61 Å². The van der Waals surface area contributed by atoms with E-state index >= 15 is 0 Å². The maximum atomic E-state index is 5.59. The van der Waals surface area contributed by atoms with Crippen molar-refractivity contribution in [3.8, 4) is 0 Å². The van der Waals surface area contributed by atoms with Crippen molar-refractivity contribution in [3.05, 3.63) is 35.8 Å². The lowest BCUT2D eigenvalue weighted by atomic mass is 10.2. The van der Waals surface area contributed by atoms with Crippen molar-refractivity contribution in [1.82, 2.24) is 5.32 Å². The lowest BCUT2D eigenvalue weighted by Crippen LogP contribution is -2.14. The fraction of sp³-hybridized carbons (Fsp3) is 0.571. The summed E-state index contributed by atoms with van der Waals surface area (Å²) in [6.45, 7) is 11.1.